The van der Waals surface area contributed by atoms with Crippen molar-refractivity contribution < 1.29 is 0 Å². The molecule has 5 heteroatoms. The number of nitrogens with one attached hydrogen (secondary N) is 3. The Labute approximate surface area is 92.2 Å². The number of allylic oxidation sites excluding steroid dienone is 4. The van der Waals surface area contributed by atoms with Crippen LogP contribution in [0.3, 0.4) is 0 Å². The van der Waals surface area contributed by atoms with Gasteiger partial charge in [-0.05, 0) is 13.0 Å². The summed E-state index contributed by atoms with van der Waals surface area (Å²) in [5, 5.41) is 2.90. The highest BCUT2D eigenvalue weighted by Gasteiger charge is 1.96. The number of aromatic amines is 2. The van der Waals surface area contributed by atoms with Crippen molar-refractivity contribution >= 4 is 5.82 Å². The van der Waals surface area contributed by atoms with E-state index in [9.17, 15) is 9.59 Å². The van der Waals surface area contributed by atoms with Crippen LogP contribution in [0, 0.1) is 0 Å². The molecule has 3 N–H and O–H groups in total. The summed E-state index contributed by atoms with van der Waals surface area (Å²) in [7, 11) is 0. The second-order valence-electron chi connectivity index (χ2n) is 2.97. The molecule has 0 radical (unpaired) electrons. The van der Waals surface area contributed by atoms with Crippen LogP contribution in [-0.4, -0.2) is 9.97 Å². The minimum absolute atomic E-state index is 0.343. The summed E-state index contributed by atoms with van der Waals surface area (Å²) in [6, 6.07) is 1.27. The Kier molecular flexibility index (Phi) is 4.08. The second-order valence-corrected chi connectivity index (χ2v) is 2.97. The summed E-state index contributed by atoms with van der Waals surface area (Å²) in [4.78, 5) is 26.6. The van der Waals surface area contributed by atoms with Crippen LogP contribution in [0.4, 0.5) is 5.82 Å². The zero-order chi connectivity index (χ0) is 12.0. The molecule has 16 heavy (non-hydrogen) atoms. The van der Waals surface area contributed by atoms with Gasteiger partial charge in [-0.25, -0.2) is 4.79 Å². The Hall–Kier alpha value is -2.30. The van der Waals surface area contributed by atoms with Crippen molar-refractivity contribution in [2.24, 2.45) is 0 Å². The van der Waals surface area contributed by atoms with Gasteiger partial charge in [-0.2, -0.15) is 0 Å². The molecule has 0 unspecified atom stereocenters. The van der Waals surface area contributed by atoms with E-state index in [1.165, 1.54) is 6.07 Å². The number of hydrogen-bond donors (Lipinski definition) is 3. The van der Waals surface area contributed by atoms with Gasteiger partial charge in [0.1, 0.15) is 5.82 Å². The largest absolute Gasteiger partial charge is 0.342 e. The molecule has 1 rings (SSSR count). The summed E-state index contributed by atoms with van der Waals surface area (Å²) in [5.41, 5.74) is -0.242. The fraction of sp³-hybridized carbons (Fsp3) is 0.0909. The number of rotatable bonds is 4. The lowest BCUT2D eigenvalue weighted by Crippen LogP contribution is -2.22. The maximum absolute atomic E-state index is 11.0. The molecule has 1 aromatic heterocycles. The monoisotopic (exact) mass is 219 g/mol. The fourth-order valence-corrected chi connectivity index (χ4v) is 1.07. The first-order chi connectivity index (χ1) is 7.65. The van der Waals surface area contributed by atoms with E-state index in [0.717, 1.165) is 5.70 Å². The van der Waals surface area contributed by atoms with Crippen molar-refractivity contribution in [1.29, 1.82) is 0 Å². The van der Waals surface area contributed by atoms with Gasteiger partial charge in [-0.1, -0.05) is 24.8 Å². The molecule has 0 aliphatic rings. The molecule has 0 aromatic carbocycles. The van der Waals surface area contributed by atoms with E-state index in [0.29, 0.717) is 5.82 Å². The quantitative estimate of drug-likeness (QED) is 0.664. The van der Waals surface area contributed by atoms with Crippen molar-refractivity contribution in [3.8, 4) is 0 Å². The summed E-state index contributed by atoms with van der Waals surface area (Å²) in [6.45, 7) is 5.38. The Morgan fingerprint density at radius 3 is 2.75 bits per heavy atom. The molecule has 0 aliphatic carbocycles. The molecule has 1 heterocycles. The summed E-state index contributed by atoms with van der Waals surface area (Å²) in [5.74, 6) is 0.343. The van der Waals surface area contributed by atoms with Gasteiger partial charge in [0, 0.05) is 11.8 Å². The molecule has 84 valence electrons. The SMILES string of the molecule is C=C/C=C\C(=C/C)Nc1cc(=O)[nH]c(=O)[nH]1. The average Bonchev–Trinajstić information content (AvgIpc) is 2.22. The van der Waals surface area contributed by atoms with E-state index in [-0.39, 0.29) is 0 Å². The van der Waals surface area contributed by atoms with Crippen LogP contribution in [-0.2, 0) is 0 Å². The van der Waals surface area contributed by atoms with Crippen LogP contribution < -0.4 is 16.6 Å². The standard InChI is InChI=1S/C11H13N3O2/c1-3-5-6-8(4-2)12-9-7-10(15)14-11(16)13-9/h3-7H,1H2,2H3,(H3,12,13,14,15,16)/b6-5-,8-4+. The van der Waals surface area contributed by atoms with E-state index >= 15 is 0 Å². The van der Waals surface area contributed by atoms with Gasteiger partial charge >= 0.3 is 5.69 Å². The first-order valence-corrected chi connectivity index (χ1v) is 4.72. The lowest BCUT2D eigenvalue weighted by molar-refractivity contribution is 1.04. The lowest BCUT2D eigenvalue weighted by Gasteiger charge is -2.05. The number of H-pyrrole nitrogens is 2. The molecule has 5 nitrogen and oxygen atoms in total. The molecule has 0 aliphatic heterocycles. The Morgan fingerprint density at radius 2 is 2.19 bits per heavy atom. The van der Waals surface area contributed by atoms with Crippen LogP contribution >= 0.6 is 0 Å². The van der Waals surface area contributed by atoms with E-state index in [2.05, 4.69) is 21.9 Å². The highest BCUT2D eigenvalue weighted by molar-refractivity contribution is 5.43. The van der Waals surface area contributed by atoms with Gasteiger partial charge in [0.15, 0.2) is 0 Å². The number of hydrogen-bond acceptors (Lipinski definition) is 3. The van der Waals surface area contributed by atoms with E-state index < -0.39 is 11.2 Å². The van der Waals surface area contributed by atoms with Crippen LogP contribution in [0.2, 0.25) is 0 Å². The van der Waals surface area contributed by atoms with Gasteiger partial charge in [0.25, 0.3) is 5.56 Å². The summed E-state index contributed by atoms with van der Waals surface area (Å²) >= 11 is 0. The maximum atomic E-state index is 11.0. The van der Waals surface area contributed by atoms with Gasteiger partial charge in [0.2, 0.25) is 0 Å². The van der Waals surface area contributed by atoms with Crippen LogP contribution in [0.25, 0.3) is 0 Å². The molecular weight excluding hydrogens is 206 g/mol. The molecular formula is C11H13N3O2. The van der Waals surface area contributed by atoms with Crippen molar-refractivity contribution in [2.75, 3.05) is 5.32 Å². The first-order valence-electron chi connectivity index (χ1n) is 4.72. The van der Waals surface area contributed by atoms with Gasteiger partial charge < -0.3 is 5.32 Å². The molecule has 0 atom stereocenters. The fourth-order valence-electron chi connectivity index (χ4n) is 1.07. The third-order valence-electron chi connectivity index (χ3n) is 1.76. The lowest BCUT2D eigenvalue weighted by atomic mass is 10.3. The summed E-state index contributed by atoms with van der Waals surface area (Å²) < 4.78 is 0. The van der Waals surface area contributed by atoms with Gasteiger partial charge in [-0.15, -0.1) is 0 Å². The molecule has 0 fully saturated rings. The third-order valence-corrected chi connectivity index (χ3v) is 1.76. The minimum Gasteiger partial charge on any atom is -0.342 e. The van der Waals surface area contributed by atoms with Crippen molar-refractivity contribution in [2.45, 2.75) is 6.92 Å². The normalized spacial score (nSPS) is 11.7. The Morgan fingerprint density at radius 1 is 1.44 bits per heavy atom. The summed E-state index contributed by atoms with van der Waals surface area (Å²) in [6.07, 6.45) is 6.95. The van der Waals surface area contributed by atoms with Crippen molar-refractivity contribution in [3.63, 3.8) is 0 Å². The maximum Gasteiger partial charge on any atom is 0.327 e. The zero-order valence-electron chi connectivity index (χ0n) is 8.91. The van der Waals surface area contributed by atoms with Crippen LogP contribution in [0.15, 0.2) is 52.2 Å². The molecule has 1 aromatic rings. The molecule has 0 amide bonds. The van der Waals surface area contributed by atoms with Gasteiger partial charge in [-0.3, -0.25) is 14.8 Å². The smallest absolute Gasteiger partial charge is 0.327 e. The van der Waals surface area contributed by atoms with E-state index in [4.69, 9.17) is 0 Å². The predicted molar refractivity (Wildman–Crippen MR) is 64.4 cm³/mol. The number of aromatic nitrogens is 2. The third kappa shape index (κ3) is 3.45. The highest BCUT2D eigenvalue weighted by atomic mass is 16.2. The minimum atomic E-state index is -0.543. The van der Waals surface area contributed by atoms with Crippen LogP contribution in [0.5, 0.6) is 0 Å². The topological polar surface area (TPSA) is 77.8 Å². The average molecular weight is 219 g/mol. The highest BCUT2D eigenvalue weighted by Crippen LogP contribution is 2.02. The van der Waals surface area contributed by atoms with Crippen LogP contribution in [0.1, 0.15) is 6.92 Å². The molecule has 0 spiro atoms. The predicted octanol–water partition coefficient (Wildman–Crippen LogP) is 1.12. The Bertz CT molecular complexity index is 506. The first kappa shape index (κ1) is 11.8. The van der Waals surface area contributed by atoms with E-state index in [1.54, 1.807) is 24.3 Å². The molecule has 0 bridgehead atoms. The van der Waals surface area contributed by atoms with Gasteiger partial charge in [0.05, 0.1) is 0 Å². The van der Waals surface area contributed by atoms with Crippen molar-refractivity contribution in [1.82, 2.24) is 9.97 Å². The zero-order valence-corrected chi connectivity index (χ0v) is 8.91. The van der Waals surface area contributed by atoms with E-state index in [1.807, 2.05) is 6.92 Å². The molecule has 0 saturated heterocycles. The second kappa shape index (κ2) is 5.55. The number of anilines is 1. The van der Waals surface area contributed by atoms with Crippen molar-refractivity contribution in [3.05, 3.63) is 63.5 Å². The molecule has 0 saturated carbocycles. The Balaban J connectivity index is 2.95.